The van der Waals surface area contributed by atoms with Gasteiger partial charge in [-0.2, -0.15) is 8.42 Å². The van der Waals surface area contributed by atoms with Crippen LogP contribution in [0.1, 0.15) is 0 Å². The number of rotatable bonds is 2. The number of nitrogens with one attached hydrogen (secondary N) is 1. The second-order valence-electron chi connectivity index (χ2n) is 4.82. The second-order valence-corrected chi connectivity index (χ2v) is 7.50. The molecule has 2 N–H and O–H groups in total. The Bertz CT molecular complexity index is 1090. The van der Waals surface area contributed by atoms with Crippen molar-refractivity contribution in [2.24, 2.45) is 0 Å². The Morgan fingerprint density at radius 1 is 1.09 bits per heavy atom. The van der Waals surface area contributed by atoms with Gasteiger partial charge in [0.2, 0.25) is 5.56 Å². The highest BCUT2D eigenvalue weighted by atomic mass is 79.9. The molecule has 3 aromatic rings. The zero-order valence-corrected chi connectivity index (χ0v) is 14.5. The largest absolute Gasteiger partial charge is 0.322 e. The van der Waals surface area contributed by atoms with Gasteiger partial charge in [-0.1, -0.05) is 33.6 Å². The van der Waals surface area contributed by atoms with Gasteiger partial charge in [0, 0.05) is 32.0 Å². The molecule has 1 aromatic heterocycles. The molecule has 23 heavy (non-hydrogen) atoms. The first-order valence-electron chi connectivity index (χ1n) is 6.36. The highest BCUT2D eigenvalue weighted by Gasteiger charge is 2.21. The molecule has 8 heteroatoms. The lowest BCUT2D eigenvalue weighted by molar-refractivity contribution is 0.483. The van der Waals surface area contributed by atoms with Crippen LogP contribution < -0.4 is 5.56 Å². The molecule has 0 spiro atoms. The van der Waals surface area contributed by atoms with E-state index in [1.54, 1.807) is 18.2 Å². The van der Waals surface area contributed by atoms with E-state index in [-0.39, 0.29) is 16.0 Å². The maximum atomic E-state index is 11.8. The van der Waals surface area contributed by atoms with E-state index in [2.05, 4.69) is 20.9 Å². The Balaban J connectivity index is 2.51. The monoisotopic (exact) mass is 413 g/mol. The minimum absolute atomic E-state index is 0.250. The number of benzene rings is 2. The molecule has 2 aromatic carbocycles. The SMILES string of the molecule is O=c1ccc2c(-c3ccc(Cl)cc3Br)c(S(=O)(=O)O)ccc2[nH]1. The highest BCUT2D eigenvalue weighted by Crippen LogP contribution is 2.38. The van der Waals surface area contributed by atoms with Crippen LogP contribution in [0.2, 0.25) is 5.02 Å². The predicted molar refractivity (Wildman–Crippen MR) is 92.5 cm³/mol. The van der Waals surface area contributed by atoms with Gasteiger partial charge in [-0.3, -0.25) is 9.35 Å². The third-order valence-corrected chi connectivity index (χ3v) is 5.13. The molecule has 5 nitrogen and oxygen atoms in total. The summed E-state index contributed by atoms with van der Waals surface area (Å²) in [4.78, 5) is 13.9. The van der Waals surface area contributed by atoms with Crippen molar-refractivity contribution < 1.29 is 13.0 Å². The number of aromatic nitrogens is 1. The molecular formula is C15H9BrClNO4S. The summed E-state index contributed by atoms with van der Waals surface area (Å²) in [5, 5.41) is 0.963. The van der Waals surface area contributed by atoms with Crippen molar-refractivity contribution in [1.82, 2.24) is 4.98 Å². The third kappa shape index (κ3) is 3.05. The Morgan fingerprint density at radius 2 is 1.83 bits per heavy atom. The molecule has 0 radical (unpaired) electrons. The molecule has 3 rings (SSSR count). The summed E-state index contributed by atoms with van der Waals surface area (Å²) in [5.41, 5.74) is 0.962. The van der Waals surface area contributed by atoms with E-state index in [0.29, 0.717) is 26.0 Å². The lowest BCUT2D eigenvalue weighted by Gasteiger charge is -2.13. The number of aromatic amines is 1. The van der Waals surface area contributed by atoms with Gasteiger partial charge in [0.15, 0.2) is 0 Å². The second kappa shape index (κ2) is 5.76. The van der Waals surface area contributed by atoms with Crippen LogP contribution in [0, 0.1) is 0 Å². The smallest absolute Gasteiger partial charge is 0.295 e. The Kier molecular flexibility index (Phi) is 4.05. The zero-order chi connectivity index (χ0) is 16.8. The first-order chi connectivity index (χ1) is 10.8. The average molecular weight is 415 g/mol. The van der Waals surface area contributed by atoms with Crippen LogP contribution in [0.3, 0.4) is 0 Å². The van der Waals surface area contributed by atoms with Crippen LogP contribution in [0.15, 0.2) is 56.6 Å². The minimum atomic E-state index is -4.46. The lowest BCUT2D eigenvalue weighted by atomic mass is 10.0. The Morgan fingerprint density at radius 3 is 2.48 bits per heavy atom. The maximum absolute atomic E-state index is 11.8. The van der Waals surface area contributed by atoms with E-state index in [0.717, 1.165) is 0 Å². The normalized spacial score (nSPS) is 11.8. The van der Waals surface area contributed by atoms with E-state index in [4.69, 9.17) is 11.6 Å². The highest BCUT2D eigenvalue weighted by molar-refractivity contribution is 9.10. The van der Waals surface area contributed by atoms with Crippen molar-refractivity contribution in [1.29, 1.82) is 0 Å². The maximum Gasteiger partial charge on any atom is 0.295 e. The van der Waals surface area contributed by atoms with Crippen LogP contribution in [0.25, 0.3) is 22.0 Å². The topological polar surface area (TPSA) is 87.2 Å². The first-order valence-corrected chi connectivity index (χ1v) is 8.97. The molecule has 0 aliphatic heterocycles. The molecule has 1 heterocycles. The van der Waals surface area contributed by atoms with Crippen molar-refractivity contribution in [2.75, 3.05) is 0 Å². The van der Waals surface area contributed by atoms with Gasteiger partial charge >= 0.3 is 0 Å². The van der Waals surface area contributed by atoms with Gasteiger partial charge in [0.25, 0.3) is 10.1 Å². The molecule has 0 unspecified atom stereocenters. The number of hydrogen-bond acceptors (Lipinski definition) is 3. The molecule has 0 fully saturated rings. The van der Waals surface area contributed by atoms with E-state index >= 15 is 0 Å². The number of hydrogen-bond donors (Lipinski definition) is 2. The molecule has 0 aliphatic rings. The number of halogens is 2. The summed E-state index contributed by atoms with van der Waals surface area (Å²) in [6.45, 7) is 0. The molecule has 0 saturated carbocycles. The number of pyridine rings is 1. The summed E-state index contributed by atoms with van der Waals surface area (Å²) >= 11 is 9.28. The quantitative estimate of drug-likeness (QED) is 0.623. The summed E-state index contributed by atoms with van der Waals surface area (Å²) in [6, 6.07) is 10.4. The van der Waals surface area contributed by atoms with Gasteiger partial charge in [0.1, 0.15) is 4.90 Å². The fraction of sp³-hybridized carbons (Fsp3) is 0. The molecule has 0 atom stereocenters. The summed E-state index contributed by atoms with van der Waals surface area (Å²) in [5.74, 6) is 0. The van der Waals surface area contributed by atoms with Crippen molar-refractivity contribution in [3.63, 3.8) is 0 Å². The van der Waals surface area contributed by atoms with Crippen molar-refractivity contribution in [3.8, 4) is 11.1 Å². The first kappa shape index (κ1) is 16.2. The van der Waals surface area contributed by atoms with Crippen molar-refractivity contribution >= 4 is 48.6 Å². The van der Waals surface area contributed by atoms with Gasteiger partial charge < -0.3 is 4.98 Å². The Labute approximate surface area is 144 Å². The third-order valence-electron chi connectivity index (χ3n) is 3.34. The van der Waals surface area contributed by atoms with Crippen LogP contribution in [-0.4, -0.2) is 18.0 Å². The van der Waals surface area contributed by atoms with E-state index < -0.39 is 10.1 Å². The fourth-order valence-corrected chi connectivity index (χ4v) is 4.00. The lowest BCUT2D eigenvalue weighted by Crippen LogP contribution is -2.06. The minimum Gasteiger partial charge on any atom is -0.322 e. The van der Waals surface area contributed by atoms with Gasteiger partial charge in [-0.25, -0.2) is 0 Å². The van der Waals surface area contributed by atoms with Gasteiger partial charge in [-0.15, -0.1) is 0 Å². The summed E-state index contributed by atoms with van der Waals surface area (Å²) < 4.78 is 33.6. The number of H-pyrrole nitrogens is 1. The van der Waals surface area contributed by atoms with E-state index in [1.165, 1.54) is 24.3 Å². The fourth-order valence-electron chi connectivity index (χ4n) is 2.40. The molecule has 118 valence electrons. The van der Waals surface area contributed by atoms with Crippen molar-refractivity contribution in [3.05, 3.63) is 62.3 Å². The standard InChI is InChI=1S/C15H9BrClNO4S/c16-11-7-8(17)1-2-9(11)15-10-3-6-14(19)18-12(10)4-5-13(15)23(20,21)22/h1-7H,(H,18,19)(H,20,21,22). The zero-order valence-electron chi connectivity index (χ0n) is 11.4. The van der Waals surface area contributed by atoms with Crippen LogP contribution in [-0.2, 0) is 10.1 Å². The van der Waals surface area contributed by atoms with E-state index in [9.17, 15) is 17.8 Å². The molecule has 0 amide bonds. The Hall–Kier alpha value is -1.67. The van der Waals surface area contributed by atoms with Gasteiger partial charge in [-0.05, 0) is 35.9 Å². The molecule has 0 aliphatic carbocycles. The number of fused-ring (bicyclic) bond motifs is 1. The predicted octanol–water partition coefficient (Wildman–Crippen LogP) is 3.86. The summed E-state index contributed by atoms with van der Waals surface area (Å²) in [6.07, 6.45) is 0. The molecule has 0 saturated heterocycles. The van der Waals surface area contributed by atoms with Gasteiger partial charge in [0.05, 0.1) is 0 Å². The van der Waals surface area contributed by atoms with Crippen LogP contribution in [0.4, 0.5) is 0 Å². The molecular weight excluding hydrogens is 406 g/mol. The summed E-state index contributed by atoms with van der Waals surface area (Å²) in [7, 11) is -4.46. The van der Waals surface area contributed by atoms with Crippen LogP contribution in [0.5, 0.6) is 0 Å². The average Bonchev–Trinajstić information content (AvgIpc) is 2.45. The molecule has 0 bridgehead atoms. The van der Waals surface area contributed by atoms with E-state index in [1.807, 2.05) is 0 Å². The van der Waals surface area contributed by atoms with Crippen molar-refractivity contribution in [2.45, 2.75) is 4.90 Å². The van der Waals surface area contributed by atoms with Crippen LogP contribution >= 0.6 is 27.5 Å².